The predicted octanol–water partition coefficient (Wildman–Crippen LogP) is 6.92. The molecule has 0 N–H and O–H groups in total. The molecule has 0 spiro atoms. The number of anilines is 2. The predicted molar refractivity (Wildman–Crippen MR) is 153 cm³/mol. The summed E-state index contributed by atoms with van der Waals surface area (Å²) >= 11 is 9.10. The number of hydrogen-bond acceptors (Lipinski definition) is 4. The summed E-state index contributed by atoms with van der Waals surface area (Å²) in [4.78, 5) is 30.2. The van der Waals surface area contributed by atoms with Gasteiger partial charge in [-0.15, -0.1) is 0 Å². The van der Waals surface area contributed by atoms with E-state index < -0.39 is 11.8 Å². The van der Waals surface area contributed by atoms with Gasteiger partial charge in [-0.05, 0) is 66.8 Å². The molecule has 2 amide bonds. The molecule has 8 heteroatoms. The molecule has 0 aliphatic carbocycles. The smallest absolute Gasteiger partial charge is 0.270 e. The first-order chi connectivity index (χ1) is 18.4. The van der Waals surface area contributed by atoms with Crippen molar-refractivity contribution in [2.75, 3.05) is 9.80 Å². The van der Waals surface area contributed by atoms with Crippen LogP contribution < -0.4 is 14.5 Å². The van der Waals surface area contributed by atoms with Crippen LogP contribution in [0.5, 0.6) is 5.75 Å². The summed E-state index contributed by atoms with van der Waals surface area (Å²) < 4.78 is 20.8. The first kappa shape index (κ1) is 25.5. The Bertz CT molecular complexity index is 1500. The lowest BCUT2D eigenvalue weighted by atomic mass is 10.0. The lowest BCUT2D eigenvalue weighted by molar-refractivity contribution is -0.120. The van der Waals surface area contributed by atoms with E-state index in [1.807, 2.05) is 12.1 Å². The first-order valence-electron chi connectivity index (χ1n) is 11.6. The van der Waals surface area contributed by atoms with E-state index in [0.29, 0.717) is 32.7 Å². The molecule has 4 aromatic rings. The summed E-state index contributed by atoms with van der Waals surface area (Å²) in [5.74, 6) is -1.11. The molecule has 0 bridgehead atoms. The molecular formula is C30H20BrFN2O3S. The highest BCUT2D eigenvalue weighted by molar-refractivity contribution is 9.10. The second kappa shape index (κ2) is 11.1. The van der Waals surface area contributed by atoms with Gasteiger partial charge in [-0.3, -0.25) is 19.4 Å². The average molecular weight is 587 g/mol. The highest BCUT2D eigenvalue weighted by atomic mass is 79.9. The Morgan fingerprint density at radius 1 is 0.789 bits per heavy atom. The van der Waals surface area contributed by atoms with Crippen LogP contribution in [0.15, 0.2) is 113 Å². The fourth-order valence-electron chi connectivity index (χ4n) is 4.03. The number of carbonyl (C=O) groups excluding carboxylic acids is 2. The lowest BCUT2D eigenvalue weighted by Crippen LogP contribution is -2.56. The Morgan fingerprint density at radius 2 is 1.34 bits per heavy atom. The molecule has 5 nitrogen and oxygen atoms in total. The van der Waals surface area contributed by atoms with E-state index in [9.17, 15) is 14.0 Å². The lowest BCUT2D eigenvalue weighted by Gasteiger charge is -2.36. The van der Waals surface area contributed by atoms with Crippen molar-refractivity contribution < 1.29 is 18.7 Å². The van der Waals surface area contributed by atoms with Crippen molar-refractivity contribution in [1.29, 1.82) is 0 Å². The van der Waals surface area contributed by atoms with Crippen LogP contribution in [0.2, 0.25) is 0 Å². The van der Waals surface area contributed by atoms with E-state index in [1.165, 1.54) is 21.9 Å². The third-order valence-electron chi connectivity index (χ3n) is 5.89. The van der Waals surface area contributed by atoms with Gasteiger partial charge in [0.15, 0.2) is 5.11 Å². The van der Waals surface area contributed by atoms with Crippen molar-refractivity contribution in [2.24, 2.45) is 0 Å². The number of rotatable bonds is 6. The molecule has 0 saturated carbocycles. The fraction of sp³-hybridized carbons (Fsp3) is 0.0333. The monoisotopic (exact) mass is 586 g/mol. The van der Waals surface area contributed by atoms with Gasteiger partial charge in [0.1, 0.15) is 23.7 Å². The number of hydrogen-bond donors (Lipinski definition) is 0. The molecule has 1 aliphatic rings. The van der Waals surface area contributed by atoms with E-state index in [-0.39, 0.29) is 23.1 Å². The van der Waals surface area contributed by atoms with Gasteiger partial charge in [0.2, 0.25) is 0 Å². The van der Waals surface area contributed by atoms with Crippen LogP contribution in [0.4, 0.5) is 15.8 Å². The van der Waals surface area contributed by atoms with E-state index in [4.69, 9.17) is 17.0 Å². The molecule has 1 heterocycles. The van der Waals surface area contributed by atoms with Crippen molar-refractivity contribution in [3.8, 4) is 5.75 Å². The number of thiocarbonyl (C=S) groups is 1. The summed E-state index contributed by atoms with van der Waals surface area (Å²) in [6.07, 6.45) is 1.49. The molecule has 5 rings (SSSR count). The standard InChI is InChI=1S/C30H20BrFN2O3S/c31-22-15-16-27(37-19-20-9-7-8-14-26(20)32)21(17-22)18-25-28(35)33(23-10-3-1-4-11-23)30(38)34(29(25)36)24-12-5-2-6-13-24/h1-18H,19H2. The molecule has 0 unspecified atom stereocenters. The minimum Gasteiger partial charge on any atom is -0.488 e. The normalized spacial score (nSPS) is 13.6. The Hall–Kier alpha value is -4.14. The number of amides is 2. The summed E-state index contributed by atoms with van der Waals surface area (Å²) in [5.41, 5.74) is 1.83. The number of ether oxygens (including phenoxy) is 1. The highest BCUT2D eigenvalue weighted by Crippen LogP contribution is 2.32. The Morgan fingerprint density at radius 3 is 1.92 bits per heavy atom. The third kappa shape index (κ3) is 5.14. The van der Waals surface area contributed by atoms with Gasteiger partial charge in [0.25, 0.3) is 11.8 Å². The molecule has 1 aliphatic heterocycles. The second-order valence-electron chi connectivity index (χ2n) is 8.36. The molecule has 38 heavy (non-hydrogen) atoms. The highest BCUT2D eigenvalue weighted by Gasteiger charge is 2.41. The zero-order valence-electron chi connectivity index (χ0n) is 19.9. The van der Waals surface area contributed by atoms with Gasteiger partial charge in [-0.25, -0.2) is 4.39 Å². The van der Waals surface area contributed by atoms with E-state index >= 15 is 0 Å². The van der Waals surface area contributed by atoms with Crippen LogP contribution in [-0.2, 0) is 16.2 Å². The van der Waals surface area contributed by atoms with Crippen LogP contribution in [0.25, 0.3) is 6.08 Å². The van der Waals surface area contributed by atoms with Crippen molar-refractivity contribution in [3.05, 3.63) is 130 Å². The molecule has 0 aromatic heterocycles. The zero-order chi connectivity index (χ0) is 26.6. The summed E-state index contributed by atoms with van der Waals surface area (Å²) in [7, 11) is 0. The molecule has 0 radical (unpaired) electrons. The van der Waals surface area contributed by atoms with Gasteiger partial charge in [0, 0.05) is 15.6 Å². The number of nitrogens with zero attached hydrogens (tertiary/aromatic N) is 2. The fourth-order valence-corrected chi connectivity index (χ4v) is 4.78. The van der Waals surface area contributed by atoms with E-state index in [2.05, 4.69) is 15.9 Å². The number of carbonyl (C=O) groups is 2. The number of benzene rings is 4. The van der Waals surface area contributed by atoms with Crippen molar-refractivity contribution in [2.45, 2.75) is 6.61 Å². The minimum atomic E-state index is -0.557. The molecule has 1 fully saturated rings. The first-order valence-corrected chi connectivity index (χ1v) is 12.8. The van der Waals surface area contributed by atoms with Gasteiger partial charge in [-0.2, -0.15) is 0 Å². The quantitative estimate of drug-likeness (QED) is 0.140. The molecule has 188 valence electrons. The second-order valence-corrected chi connectivity index (χ2v) is 9.64. The van der Waals surface area contributed by atoms with E-state index in [1.54, 1.807) is 84.9 Å². The Kier molecular flexibility index (Phi) is 7.44. The van der Waals surface area contributed by atoms with Crippen LogP contribution in [-0.4, -0.2) is 16.9 Å². The summed E-state index contributed by atoms with van der Waals surface area (Å²) in [6.45, 7) is -0.0251. The van der Waals surface area contributed by atoms with Crippen LogP contribution in [0.1, 0.15) is 11.1 Å². The third-order valence-corrected chi connectivity index (χ3v) is 6.75. The van der Waals surface area contributed by atoms with Gasteiger partial charge in [0.05, 0.1) is 11.4 Å². The zero-order valence-corrected chi connectivity index (χ0v) is 22.3. The summed E-state index contributed by atoms with van der Waals surface area (Å²) in [6, 6.07) is 29.4. The SMILES string of the molecule is O=C1C(=Cc2cc(Br)ccc2OCc2ccccc2F)C(=O)N(c2ccccc2)C(=S)N1c1ccccc1. The molecule has 1 saturated heterocycles. The van der Waals surface area contributed by atoms with Gasteiger partial charge >= 0.3 is 0 Å². The van der Waals surface area contributed by atoms with Crippen LogP contribution in [0.3, 0.4) is 0 Å². The molecular weight excluding hydrogens is 567 g/mol. The number of para-hydroxylation sites is 2. The van der Waals surface area contributed by atoms with Crippen molar-refractivity contribution in [1.82, 2.24) is 0 Å². The largest absolute Gasteiger partial charge is 0.488 e. The minimum absolute atomic E-state index is 0.0251. The van der Waals surface area contributed by atoms with E-state index in [0.717, 1.165) is 0 Å². The number of halogens is 2. The average Bonchev–Trinajstić information content (AvgIpc) is 2.93. The van der Waals surface area contributed by atoms with Crippen molar-refractivity contribution in [3.63, 3.8) is 0 Å². The maximum absolute atomic E-state index is 14.2. The molecule has 4 aromatic carbocycles. The van der Waals surface area contributed by atoms with Gasteiger partial charge < -0.3 is 4.74 Å². The summed E-state index contributed by atoms with van der Waals surface area (Å²) in [5, 5.41) is 0.0554. The maximum atomic E-state index is 14.2. The van der Waals surface area contributed by atoms with Gasteiger partial charge in [-0.1, -0.05) is 70.5 Å². The maximum Gasteiger partial charge on any atom is 0.270 e. The topological polar surface area (TPSA) is 49.9 Å². The Balaban J connectivity index is 1.59. The van der Waals surface area contributed by atoms with Crippen molar-refractivity contribution >= 4 is 62.5 Å². The van der Waals surface area contributed by atoms with Crippen LogP contribution >= 0.6 is 28.1 Å². The Labute approximate surface area is 232 Å². The van der Waals surface area contributed by atoms with Crippen LogP contribution in [0, 0.1) is 5.82 Å². The molecule has 0 atom stereocenters.